The second kappa shape index (κ2) is 63.0. The molecule has 0 aromatic heterocycles. The number of ether oxygens (including phenoxy) is 4. The lowest BCUT2D eigenvalue weighted by molar-refractivity contribution is -0.161. The normalized spacial score (nSPS) is 14.3. The Labute approximate surface area is 542 Å². The van der Waals surface area contributed by atoms with Gasteiger partial charge in [-0.05, 0) is 57.3 Å². The van der Waals surface area contributed by atoms with E-state index in [-0.39, 0.29) is 25.7 Å². The molecule has 0 saturated heterocycles. The largest absolute Gasteiger partial charge is 0.472 e. The van der Waals surface area contributed by atoms with Crippen molar-refractivity contribution >= 4 is 39.5 Å². The summed E-state index contributed by atoms with van der Waals surface area (Å²) in [5.41, 5.74) is 0. The number of hydrogen-bond donors (Lipinski definition) is 3. The molecule has 5 atom stereocenters. The minimum atomic E-state index is -4.96. The highest BCUT2D eigenvalue weighted by Crippen LogP contribution is 2.45. The Morgan fingerprint density at radius 1 is 0.348 bits per heavy atom. The molecular weight excluding hydrogens is 1170 g/mol. The molecule has 0 heterocycles. The number of esters is 4. The number of rotatable bonds is 68. The maximum atomic E-state index is 13.0. The molecule has 17 nitrogen and oxygen atoms in total. The van der Waals surface area contributed by atoms with E-state index in [2.05, 4.69) is 58.9 Å². The molecular formula is C70H132O17P2. The first-order valence-electron chi connectivity index (χ1n) is 36.0. The quantitative estimate of drug-likeness (QED) is 0.0169. The van der Waals surface area contributed by atoms with Gasteiger partial charge in [-0.15, -0.1) is 0 Å². The molecule has 524 valence electrons. The van der Waals surface area contributed by atoms with E-state index in [0.29, 0.717) is 31.6 Å². The van der Waals surface area contributed by atoms with Crippen LogP contribution in [0.2, 0.25) is 0 Å². The van der Waals surface area contributed by atoms with E-state index in [0.717, 1.165) is 103 Å². The van der Waals surface area contributed by atoms with Crippen LogP contribution in [0.4, 0.5) is 0 Å². The summed E-state index contributed by atoms with van der Waals surface area (Å²) in [6, 6.07) is 0. The van der Waals surface area contributed by atoms with E-state index in [1.54, 1.807) is 0 Å². The average molecular weight is 1310 g/mol. The maximum absolute atomic E-state index is 13.0. The van der Waals surface area contributed by atoms with Crippen molar-refractivity contribution < 1.29 is 80.2 Å². The number of phosphoric acid groups is 2. The number of hydrogen-bond acceptors (Lipinski definition) is 15. The predicted octanol–water partition coefficient (Wildman–Crippen LogP) is 19.7. The summed E-state index contributed by atoms with van der Waals surface area (Å²) < 4.78 is 68.2. The van der Waals surface area contributed by atoms with Gasteiger partial charge in [0.15, 0.2) is 12.2 Å². The highest BCUT2D eigenvalue weighted by Gasteiger charge is 2.30. The van der Waals surface area contributed by atoms with Gasteiger partial charge in [-0.25, -0.2) is 9.13 Å². The van der Waals surface area contributed by atoms with Crippen LogP contribution in [0.3, 0.4) is 0 Å². The molecule has 0 aliphatic heterocycles. The summed E-state index contributed by atoms with van der Waals surface area (Å²) in [5, 5.41) is 10.6. The molecule has 0 amide bonds. The molecule has 0 radical (unpaired) electrons. The van der Waals surface area contributed by atoms with Crippen molar-refractivity contribution in [2.75, 3.05) is 39.6 Å². The second-order valence-corrected chi connectivity index (χ2v) is 28.0. The first kappa shape index (κ1) is 86.5. The van der Waals surface area contributed by atoms with Crippen LogP contribution < -0.4 is 0 Å². The standard InChI is InChI=1S/C70H132O17P2/c1-6-9-12-15-18-21-24-26-28-30-32-35-40-45-50-55-69(74)86-65(59-81-68(73)54-49-44-39-34-31-29-27-25-22-19-16-13-10-7-2)61-84-88(76,77)82-57-64(71)58-83-89(78,79)85-62-66(87-70(75)56-51-46-41-36-37-42-47-52-63(4)5)60-80-67(72)53-48-43-38-33-23-20-17-14-11-8-3/h21,24,26,28,63-66,71H,6-20,22-23,25,27,29-62H2,1-5H3,(H,76,77)(H,78,79)/b24-21-,28-26-/t64-,65-,66-/m1/s1. The molecule has 0 bridgehead atoms. The molecule has 89 heavy (non-hydrogen) atoms. The van der Waals surface area contributed by atoms with Gasteiger partial charge in [0.1, 0.15) is 19.3 Å². The van der Waals surface area contributed by atoms with E-state index in [1.807, 2.05) is 0 Å². The fraction of sp³-hybridized carbons (Fsp3) is 0.886. The van der Waals surface area contributed by atoms with Gasteiger partial charge in [0.25, 0.3) is 0 Å². The van der Waals surface area contributed by atoms with Crippen LogP contribution in [0.1, 0.15) is 336 Å². The number of aliphatic hydroxyl groups is 1. The van der Waals surface area contributed by atoms with Gasteiger partial charge in [0.05, 0.1) is 26.4 Å². The third-order valence-electron chi connectivity index (χ3n) is 15.7. The zero-order valence-corrected chi connectivity index (χ0v) is 58.8. The fourth-order valence-electron chi connectivity index (χ4n) is 10.1. The Hall–Kier alpha value is -2.46. The summed E-state index contributed by atoms with van der Waals surface area (Å²) >= 11 is 0. The lowest BCUT2D eigenvalue weighted by Gasteiger charge is -2.21. The topological polar surface area (TPSA) is 237 Å². The number of allylic oxidation sites excluding steroid dienone is 4. The van der Waals surface area contributed by atoms with Crippen LogP contribution in [0.15, 0.2) is 24.3 Å². The fourth-order valence-corrected chi connectivity index (χ4v) is 11.7. The molecule has 2 unspecified atom stereocenters. The van der Waals surface area contributed by atoms with Crippen LogP contribution in [-0.2, 0) is 65.4 Å². The van der Waals surface area contributed by atoms with Crippen molar-refractivity contribution in [2.45, 2.75) is 355 Å². The van der Waals surface area contributed by atoms with Crippen molar-refractivity contribution in [2.24, 2.45) is 5.92 Å². The van der Waals surface area contributed by atoms with E-state index in [1.165, 1.54) is 148 Å². The summed E-state index contributed by atoms with van der Waals surface area (Å²) in [6.07, 6.45) is 52.2. The Kier molecular flexibility index (Phi) is 61.2. The number of aliphatic hydroxyl groups excluding tert-OH is 1. The van der Waals surface area contributed by atoms with Gasteiger partial charge in [0, 0.05) is 25.7 Å². The molecule has 0 saturated carbocycles. The number of carbonyl (C=O) groups is 4. The molecule has 0 aromatic carbocycles. The zero-order valence-electron chi connectivity index (χ0n) is 57.0. The SMILES string of the molecule is CCCCCC/C=C\C=C/CCCCCCCC(=O)O[C@H](COC(=O)CCCCCCCCCCCCCCCC)COP(=O)(O)OC[C@@H](O)COP(=O)(O)OC[C@@H](COC(=O)CCCCCCCCCCCC)OC(=O)CCCCCCCCCC(C)C. The molecule has 0 rings (SSSR count). The molecule has 19 heteroatoms. The Bertz CT molecular complexity index is 1810. The smallest absolute Gasteiger partial charge is 0.462 e. The third kappa shape index (κ3) is 64.1. The van der Waals surface area contributed by atoms with Gasteiger partial charge in [-0.2, -0.15) is 0 Å². The molecule has 0 aliphatic rings. The van der Waals surface area contributed by atoms with E-state index >= 15 is 0 Å². The second-order valence-electron chi connectivity index (χ2n) is 25.1. The molecule has 0 spiro atoms. The average Bonchev–Trinajstić information content (AvgIpc) is 3.56. The first-order valence-corrected chi connectivity index (χ1v) is 38.9. The number of unbranched alkanes of at least 4 members (excludes halogenated alkanes) is 37. The summed E-state index contributed by atoms with van der Waals surface area (Å²) in [6.45, 7) is 7.11. The molecule has 0 fully saturated rings. The van der Waals surface area contributed by atoms with E-state index in [4.69, 9.17) is 37.0 Å². The van der Waals surface area contributed by atoms with Crippen LogP contribution >= 0.6 is 15.6 Å². The Morgan fingerprint density at radius 3 is 0.921 bits per heavy atom. The Balaban J connectivity index is 5.27. The van der Waals surface area contributed by atoms with Gasteiger partial charge in [-0.1, -0.05) is 284 Å². The zero-order chi connectivity index (χ0) is 65.6. The van der Waals surface area contributed by atoms with Crippen LogP contribution in [0.5, 0.6) is 0 Å². The Morgan fingerprint density at radius 2 is 0.607 bits per heavy atom. The van der Waals surface area contributed by atoms with Crippen molar-refractivity contribution in [3.8, 4) is 0 Å². The van der Waals surface area contributed by atoms with Crippen molar-refractivity contribution in [3.05, 3.63) is 24.3 Å². The summed E-state index contributed by atoms with van der Waals surface area (Å²) in [4.78, 5) is 72.5. The minimum absolute atomic E-state index is 0.0854. The van der Waals surface area contributed by atoms with Crippen LogP contribution in [-0.4, -0.2) is 96.7 Å². The van der Waals surface area contributed by atoms with E-state index < -0.39 is 97.5 Å². The van der Waals surface area contributed by atoms with E-state index in [9.17, 15) is 43.2 Å². The highest BCUT2D eigenvalue weighted by atomic mass is 31.2. The van der Waals surface area contributed by atoms with Crippen molar-refractivity contribution in [1.29, 1.82) is 0 Å². The molecule has 0 aliphatic carbocycles. The molecule has 0 aromatic rings. The van der Waals surface area contributed by atoms with Crippen molar-refractivity contribution in [3.63, 3.8) is 0 Å². The first-order chi connectivity index (χ1) is 43.0. The maximum Gasteiger partial charge on any atom is 0.472 e. The van der Waals surface area contributed by atoms with Gasteiger partial charge in [0.2, 0.25) is 0 Å². The predicted molar refractivity (Wildman–Crippen MR) is 358 cm³/mol. The van der Waals surface area contributed by atoms with Crippen LogP contribution in [0.25, 0.3) is 0 Å². The number of carbonyl (C=O) groups excluding carboxylic acids is 4. The molecule has 3 N–H and O–H groups in total. The minimum Gasteiger partial charge on any atom is -0.462 e. The van der Waals surface area contributed by atoms with Crippen LogP contribution in [0, 0.1) is 5.92 Å². The lowest BCUT2D eigenvalue weighted by Crippen LogP contribution is -2.30. The summed E-state index contributed by atoms with van der Waals surface area (Å²) in [5.74, 6) is -1.46. The van der Waals surface area contributed by atoms with Gasteiger partial charge < -0.3 is 33.8 Å². The summed E-state index contributed by atoms with van der Waals surface area (Å²) in [7, 11) is -9.91. The third-order valence-corrected chi connectivity index (χ3v) is 17.6. The monoisotopic (exact) mass is 1310 g/mol. The lowest BCUT2D eigenvalue weighted by atomic mass is 10.0. The van der Waals surface area contributed by atoms with Gasteiger partial charge >= 0.3 is 39.5 Å². The van der Waals surface area contributed by atoms with Gasteiger partial charge in [-0.3, -0.25) is 37.3 Å². The van der Waals surface area contributed by atoms with Crippen molar-refractivity contribution in [1.82, 2.24) is 0 Å². The highest BCUT2D eigenvalue weighted by molar-refractivity contribution is 7.47. The number of phosphoric ester groups is 2.